The number of ether oxygens (including phenoxy) is 2. The van der Waals surface area contributed by atoms with E-state index in [1.165, 1.54) is 0 Å². The van der Waals surface area contributed by atoms with Crippen LogP contribution in [0.1, 0.15) is 25.7 Å². The molecule has 0 amide bonds. The average molecular weight is 228 g/mol. The second kappa shape index (κ2) is 4.22. The van der Waals surface area contributed by atoms with E-state index in [4.69, 9.17) is 9.47 Å². The molecule has 15 heavy (non-hydrogen) atoms. The maximum atomic E-state index is 9.60. The van der Waals surface area contributed by atoms with Gasteiger partial charge in [0.25, 0.3) is 0 Å². The molecule has 0 aromatic carbocycles. The number of hydrogen-bond acceptors (Lipinski definition) is 4. The summed E-state index contributed by atoms with van der Waals surface area (Å²) in [5, 5.41) is 13.6. The van der Waals surface area contributed by atoms with E-state index < -0.39 is 6.10 Å². The van der Waals surface area contributed by atoms with Crippen LogP contribution < -0.4 is 0 Å². The first kappa shape index (κ1) is 11.1. The number of hydrogen-bond donors (Lipinski definition) is 1. The Kier molecular flexibility index (Phi) is 3.11. The van der Waals surface area contributed by atoms with Gasteiger partial charge in [0.2, 0.25) is 0 Å². The monoisotopic (exact) mass is 228 g/mol. The lowest BCUT2D eigenvalue weighted by Gasteiger charge is -2.39. The standard InChI is InChI=1S/C11H16O3S/c1-8(12)11(2)6-13-10(14-7-11)9-3-4-15-5-9/h3-5,8,10,12H,6-7H2,1-2H3. The predicted molar refractivity (Wildman–Crippen MR) is 58.8 cm³/mol. The fourth-order valence-electron chi connectivity index (χ4n) is 1.46. The Hall–Kier alpha value is -0.420. The second-order valence-electron chi connectivity index (χ2n) is 4.34. The van der Waals surface area contributed by atoms with Crippen molar-refractivity contribution in [2.75, 3.05) is 13.2 Å². The molecule has 1 aromatic heterocycles. The second-order valence-corrected chi connectivity index (χ2v) is 5.12. The van der Waals surface area contributed by atoms with Crippen LogP contribution >= 0.6 is 11.3 Å². The lowest BCUT2D eigenvalue weighted by atomic mass is 9.86. The van der Waals surface area contributed by atoms with Crippen LogP contribution in [0.2, 0.25) is 0 Å². The Morgan fingerprint density at radius 2 is 2.20 bits per heavy atom. The van der Waals surface area contributed by atoms with E-state index in [-0.39, 0.29) is 11.7 Å². The summed E-state index contributed by atoms with van der Waals surface area (Å²) in [4.78, 5) is 0. The molecular weight excluding hydrogens is 212 g/mol. The third-order valence-corrected chi connectivity index (χ3v) is 3.65. The Morgan fingerprint density at radius 1 is 1.53 bits per heavy atom. The van der Waals surface area contributed by atoms with E-state index in [9.17, 15) is 5.11 Å². The molecule has 1 aliphatic rings. The predicted octanol–water partition coefficient (Wildman–Crippen LogP) is 2.18. The van der Waals surface area contributed by atoms with Gasteiger partial charge >= 0.3 is 0 Å². The van der Waals surface area contributed by atoms with Crippen LogP contribution in [0.5, 0.6) is 0 Å². The van der Waals surface area contributed by atoms with Crippen LogP contribution in [0.3, 0.4) is 0 Å². The number of aliphatic hydroxyl groups excluding tert-OH is 1. The van der Waals surface area contributed by atoms with E-state index in [1.54, 1.807) is 18.3 Å². The van der Waals surface area contributed by atoms with Crippen LogP contribution in [0.15, 0.2) is 16.8 Å². The molecule has 1 aliphatic heterocycles. The Labute approximate surface area is 93.6 Å². The van der Waals surface area contributed by atoms with E-state index in [1.807, 2.05) is 23.8 Å². The van der Waals surface area contributed by atoms with Crippen LogP contribution in [-0.4, -0.2) is 24.4 Å². The first-order valence-corrected chi connectivity index (χ1v) is 5.99. The van der Waals surface area contributed by atoms with Gasteiger partial charge < -0.3 is 14.6 Å². The maximum absolute atomic E-state index is 9.60. The first-order valence-electron chi connectivity index (χ1n) is 5.05. The fourth-order valence-corrected chi connectivity index (χ4v) is 2.13. The Balaban J connectivity index is 1.98. The summed E-state index contributed by atoms with van der Waals surface area (Å²) in [6.45, 7) is 4.81. The summed E-state index contributed by atoms with van der Waals surface area (Å²) in [5.41, 5.74) is 0.777. The highest BCUT2D eigenvalue weighted by atomic mass is 32.1. The smallest absolute Gasteiger partial charge is 0.184 e. The minimum absolute atomic E-state index is 0.261. The van der Waals surface area contributed by atoms with Crippen LogP contribution in [-0.2, 0) is 9.47 Å². The average Bonchev–Trinajstić information content (AvgIpc) is 2.72. The van der Waals surface area contributed by atoms with Crippen LogP contribution in [0.4, 0.5) is 0 Å². The van der Waals surface area contributed by atoms with Crippen molar-refractivity contribution in [1.82, 2.24) is 0 Å². The SMILES string of the molecule is CC(O)C1(C)COC(c2ccsc2)OC1. The highest BCUT2D eigenvalue weighted by Crippen LogP contribution is 2.34. The third kappa shape index (κ3) is 2.23. The van der Waals surface area contributed by atoms with E-state index >= 15 is 0 Å². The fraction of sp³-hybridized carbons (Fsp3) is 0.636. The molecule has 0 radical (unpaired) electrons. The van der Waals surface area contributed by atoms with E-state index in [2.05, 4.69) is 0 Å². The van der Waals surface area contributed by atoms with Crippen LogP contribution in [0.25, 0.3) is 0 Å². The molecule has 1 unspecified atom stereocenters. The zero-order valence-corrected chi connectivity index (χ0v) is 9.79. The van der Waals surface area contributed by atoms with Gasteiger partial charge in [-0.15, -0.1) is 0 Å². The van der Waals surface area contributed by atoms with E-state index in [0.717, 1.165) is 5.56 Å². The van der Waals surface area contributed by atoms with Crippen molar-refractivity contribution in [3.05, 3.63) is 22.4 Å². The molecule has 1 saturated heterocycles. The minimum atomic E-state index is -0.416. The lowest BCUT2D eigenvalue weighted by Crippen LogP contribution is -2.43. The summed E-state index contributed by atoms with van der Waals surface area (Å²) < 4.78 is 11.2. The Bertz CT molecular complexity index is 300. The van der Waals surface area contributed by atoms with Gasteiger partial charge in [-0.2, -0.15) is 11.3 Å². The maximum Gasteiger partial charge on any atom is 0.184 e. The molecule has 1 atom stereocenters. The molecule has 2 rings (SSSR count). The highest BCUT2D eigenvalue weighted by Gasteiger charge is 2.37. The van der Waals surface area contributed by atoms with Crippen molar-refractivity contribution in [3.63, 3.8) is 0 Å². The molecule has 3 nitrogen and oxygen atoms in total. The molecular formula is C11H16O3S. The Morgan fingerprint density at radius 3 is 2.67 bits per heavy atom. The minimum Gasteiger partial charge on any atom is -0.393 e. The molecule has 0 spiro atoms. The van der Waals surface area contributed by atoms with Crippen molar-refractivity contribution < 1.29 is 14.6 Å². The molecule has 0 aliphatic carbocycles. The van der Waals surface area contributed by atoms with Crippen molar-refractivity contribution in [1.29, 1.82) is 0 Å². The van der Waals surface area contributed by atoms with Gasteiger partial charge in [-0.3, -0.25) is 0 Å². The first-order chi connectivity index (χ1) is 7.12. The van der Waals surface area contributed by atoms with Gasteiger partial charge in [-0.05, 0) is 23.8 Å². The molecule has 0 bridgehead atoms. The van der Waals surface area contributed by atoms with Gasteiger partial charge in [0.1, 0.15) is 0 Å². The molecule has 1 fully saturated rings. The summed E-state index contributed by atoms with van der Waals surface area (Å²) in [6, 6.07) is 2.00. The van der Waals surface area contributed by atoms with Crippen molar-refractivity contribution in [2.45, 2.75) is 26.2 Å². The molecule has 0 saturated carbocycles. The number of rotatable bonds is 2. The van der Waals surface area contributed by atoms with E-state index in [0.29, 0.717) is 13.2 Å². The highest BCUT2D eigenvalue weighted by molar-refractivity contribution is 7.07. The van der Waals surface area contributed by atoms with Gasteiger partial charge in [-0.25, -0.2) is 0 Å². The van der Waals surface area contributed by atoms with Gasteiger partial charge in [0, 0.05) is 11.0 Å². The van der Waals surface area contributed by atoms with Crippen molar-refractivity contribution in [2.24, 2.45) is 5.41 Å². The summed E-state index contributed by atoms with van der Waals surface area (Å²) in [6.07, 6.45) is -0.677. The summed E-state index contributed by atoms with van der Waals surface area (Å²) in [7, 11) is 0. The molecule has 2 heterocycles. The normalized spacial score (nSPS) is 33.9. The molecule has 1 aromatic rings. The third-order valence-electron chi connectivity index (χ3n) is 2.95. The van der Waals surface area contributed by atoms with Gasteiger partial charge in [-0.1, -0.05) is 6.92 Å². The van der Waals surface area contributed by atoms with Gasteiger partial charge in [0.05, 0.1) is 19.3 Å². The topological polar surface area (TPSA) is 38.7 Å². The number of aliphatic hydroxyl groups is 1. The largest absolute Gasteiger partial charge is 0.393 e. The van der Waals surface area contributed by atoms with Gasteiger partial charge in [0.15, 0.2) is 6.29 Å². The molecule has 84 valence electrons. The zero-order chi connectivity index (χ0) is 10.9. The lowest BCUT2D eigenvalue weighted by molar-refractivity contribution is -0.247. The van der Waals surface area contributed by atoms with Crippen molar-refractivity contribution in [3.8, 4) is 0 Å². The van der Waals surface area contributed by atoms with Crippen molar-refractivity contribution >= 4 is 11.3 Å². The quantitative estimate of drug-likeness (QED) is 0.843. The number of thiophene rings is 1. The zero-order valence-electron chi connectivity index (χ0n) is 8.97. The van der Waals surface area contributed by atoms with Crippen LogP contribution in [0, 0.1) is 5.41 Å². The summed E-state index contributed by atoms with van der Waals surface area (Å²) >= 11 is 1.63. The summed E-state index contributed by atoms with van der Waals surface area (Å²) in [5.74, 6) is 0. The molecule has 4 heteroatoms. The molecule has 1 N–H and O–H groups in total.